The Morgan fingerprint density at radius 2 is 2.23 bits per heavy atom. The Morgan fingerprint density at radius 3 is 2.85 bits per heavy atom. The van der Waals surface area contributed by atoms with E-state index in [0.717, 1.165) is 6.29 Å². The van der Waals surface area contributed by atoms with E-state index < -0.39 is 5.60 Å². The van der Waals surface area contributed by atoms with Gasteiger partial charge in [-0.05, 0) is 6.08 Å². The molecule has 2 aliphatic heterocycles. The summed E-state index contributed by atoms with van der Waals surface area (Å²) in [4.78, 5) is 22.5. The van der Waals surface area contributed by atoms with Crippen LogP contribution in [0.1, 0.15) is 13.8 Å². The van der Waals surface area contributed by atoms with Gasteiger partial charge in [0.05, 0.1) is 12.0 Å². The second kappa shape index (κ2) is 2.51. The van der Waals surface area contributed by atoms with Crippen molar-refractivity contribution in [2.24, 2.45) is 11.8 Å². The fourth-order valence-corrected chi connectivity index (χ4v) is 2.02. The first-order chi connectivity index (χ1) is 6.10. The van der Waals surface area contributed by atoms with Crippen LogP contribution < -0.4 is 0 Å². The molecule has 0 aromatic carbocycles. The molecule has 0 unspecified atom stereocenters. The summed E-state index contributed by atoms with van der Waals surface area (Å²) in [5.41, 5.74) is -0.964. The summed E-state index contributed by atoms with van der Waals surface area (Å²) in [6.07, 6.45) is 4.07. The van der Waals surface area contributed by atoms with Crippen LogP contribution >= 0.6 is 0 Å². The number of carbonyl (C=O) groups excluding carboxylic acids is 2. The Morgan fingerprint density at radius 1 is 1.54 bits per heavy atom. The summed E-state index contributed by atoms with van der Waals surface area (Å²) in [5.74, 6) is -0.356. The third-order valence-electron chi connectivity index (χ3n) is 3.12. The van der Waals surface area contributed by atoms with Gasteiger partial charge >= 0.3 is 0 Å². The van der Waals surface area contributed by atoms with Crippen LogP contribution in [0.25, 0.3) is 0 Å². The quantitative estimate of drug-likeness (QED) is 0.441. The maximum absolute atomic E-state index is 11.7. The second-order valence-electron chi connectivity index (χ2n) is 3.83. The third-order valence-corrected chi connectivity index (χ3v) is 3.12. The van der Waals surface area contributed by atoms with E-state index in [9.17, 15) is 9.59 Å². The third kappa shape index (κ3) is 0.936. The Bertz CT molecular complexity index is 295. The van der Waals surface area contributed by atoms with Crippen LogP contribution in [0.5, 0.6) is 0 Å². The van der Waals surface area contributed by atoms with Crippen LogP contribution in [0.4, 0.5) is 0 Å². The van der Waals surface area contributed by atoms with Gasteiger partial charge in [0.15, 0.2) is 11.9 Å². The number of aldehydes is 1. The largest absolute Gasteiger partial charge is 0.355 e. The van der Waals surface area contributed by atoms with Crippen LogP contribution in [0.2, 0.25) is 0 Å². The molecule has 0 amide bonds. The zero-order valence-corrected chi connectivity index (χ0v) is 7.69. The van der Waals surface area contributed by atoms with Crippen LogP contribution in [0.3, 0.4) is 0 Å². The van der Waals surface area contributed by atoms with Gasteiger partial charge in [0.1, 0.15) is 5.78 Å². The number of ether oxygens (including phenoxy) is 1. The number of hydrogen-bond donors (Lipinski definition) is 0. The fraction of sp³-hybridized carbons (Fsp3) is 0.600. The number of fused-ring (bicyclic) bond motifs is 2. The molecule has 3 heteroatoms. The Balaban J connectivity index is 2.42. The normalized spacial score (nSPS) is 48.2. The fourth-order valence-electron chi connectivity index (χ4n) is 2.02. The average molecular weight is 180 g/mol. The lowest BCUT2D eigenvalue weighted by Gasteiger charge is -2.36. The summed E-state index contributed by atoms with van der Waals surface area (Å²) < 4.78 is 5.53. The molecule has 0 aliphatic carbocycles. The molecule has 0 aromatic rings. The zero-order valence-electron chi connectivity index (χ0n) is 7.69. The number of rotatable bonds is 1. The molecule has 2 bridgehead atoms. The molecule has 0 saturated carbocycles. The summed E-state index contributed by atoms with van der Waals surface area (Å²) >= 11 is 0. The van der Waals surface area contributed by atoms with E-state index >= 15 is 0 Å². The highest BCUT2D eigenvalue weighted by Crippen LogP contribution is 2.39. The monoisotopic (exact) mass is 180 g/mol. The highest BCUT2D eigenvalue weighted by Gasteiger charge is 2.51. The van der Waals surface area contributed by atoms with Gasteiger partial charge in [-0.2, -0.15) is 0 Å². The van der Waals surface area contributed by atoms with Crippen LogP contribution in [0, 0.1) is 11.8 Å². The molecule has 2 rings (SSSR count). The average Bonchev–Trinajstić information content (AvgIpc) is 2.55. The molecule has 0 N–H and O–H groups in total. The van der Waals surface area contributed by atoms with E-state index in [1.807, 2.05) is 13.0 Å². The molecule has 4 atom stereocenters. The Hall–Kier alpha value is -0.960. The maximum atomic E-state index is 11.7. The summed E-state index contributed by atoms with van der Waals surface area (Å²) in [7, 11) is 0. The van der Waals surface area contributed by atoms with Gasteiger partial charge in [0.2, 0.25) is 0 Å². The predicted molar refractivity (Wildman–Crippen MR) is 46.1 cm³/mol. The minimum absolute atomic E-state index is 0.119. The van der Waals surface area contributed by atoms with E-state index in [1.54, 1.807) is 13.0 Å². The van der Waals surface area contributed by atoms with Gasteiger partial charge in [0.25, 0.3) is 0 Å². The smallest absolute Gasteiger partial charge is 0.156 e. The van der Waals surface area contributed by atoms with Crippen LogP contribution in [0.15, 0.2) is 12.2 Å². The van der Waals surface area contributed by atoms with Crippen molar-refractivity contribution in [1.82, 2.24) is 0 Å². The molecule has 2 heterocycles. The molecule has 1 fully saturated rings. The molecule has 2 aliphatic rings. The van der Waals surface area contributed by atoms with Gasteiger partial charge in [-0.25, -0.2) is 0 Å². The molecule has 13 heavy (non-hydrogen) atoms. The van der Waals surface area contributed by atoms with Crippen molar-refractivity contribution in [2.45, 2.75) is 25.6 Å². The minimum atomic E-state index is -0.964. The molecule has 0 radical (unpaired) electrons. The lowest BCUT2D eigenvalue weighted by Crippen LogP contribution is -2.51. The standard InChI is InChI=1S/C10H12O3/c1-6-8-3-4-10(5-11,13-8)7(2)9(6)12/h3-8H,1-2H3/t6-,7+,8-,10-/m1/s1. The topological polar surface area (TPSA) is 43.4 Å². The van der Waals surface area contributed by atoms with E-state index in [0.29, 0.717) is 0 Å². The van der Waals surface area contributed by atoms with Gasteiger partial charge in [-0.3, -0.25) is 9.59 Å². The minimum Gasteiger partial charge on any atom is -0.355 e. The van der Waals surface area contributed by atoms with E-state index in [2.05, 4.69) is 0 Å². The molecule has 70 valence electrons. The number of ketones is 1. The molecule has 1 saturated heterocycles. The maximum Gasteiger partial charge on any atom is 0.156 e. The van der Waals surface area contributed by atoms with Crippen molar-refractivity contribution in [3.63, 3.8) is 0 Å². The SMILES string of the molecule is C[C@H]1C(=O)[C@H](C)[C@]2(C=O)C=C[C@H]1O2. The molecule has 3 nitrogen and oxygen atoms in total. The van der Waals surface area contributed by atoms with Crippen molar-refractivity contribution < 1.29 is 14.3 Å². The summed E-state index contributed by atoms with van der Waals surface area (Å²) in [5, 5.41) is 0. The van der Waals surface area contributed by atoms with Crippen molar-refractivity contribution >= 4 is 12.1 Å². The van der Waals surface area contributed by atoms with Crippen molar-refractivity contribution in [1.29, 1.82) is 0 Å². The van der Waals surface area contributed by atoms with E-state index in [1.165, 1.54) is 0 Å². The predicted octanol–water partition coefficient (Wildman–Crippen LogP) is 0.734. The summed E-state index contributed by atoms with van der Waals surface area (Å²) in [6.45, 7) is 3.59. The zero-order chi connectivity index (χ0) is 9.64. The van der Waals surface area contributed by atoms with Gasteiger partial charge in [-0.1, -0.05) is 19.9 Å². The van der Waals surface area contributed by atoms with Gasteiger partial charge < -0.3 is 4.74 Å². The first-order valence-corrected chi connectivity index (χ1v) is 4.48. The lowest BCUT2D eigenvalue weighted by molar-refractivity contribution is -0.162. The van der Waals surface area contributed by atoms with Crippen molar-refractivity contribution in [3.05, 3.63) is 12.2 Å². The van der Waals surface area contributed by atoms with E-state index in [4.69, 9.17) is 4.74 Å². The van der Waals surface area contributed by atoms with E-state index in [-0.39, 0.29) is 23.7 Å². The number of Topliss-reactive ketones (excluding diaryl/α,β-unsaturated/α-hetero) is 1. The van der Waals surface area contributed by atoms with Crippen molar-refractivity contribution in [3.8, 4) is 0 Å². The van der Waals surface area contributed by atoms with Gasteiger partial charge in [0, 0.05) is 5.92 Å². The number of carbonyl (C=O) groups is 2. The molecule has 0 spiro atoms. The first kappa shape index (κ1) is 8.63. The highest BCUT2D eigenvalue weighted by molar-refractivity contribution is 5.91. The lowest BCUT2D eigenvalue weighted by atomic mass is 9.81. The van der Waals surface area contributed by atoms with Crippen LogP contribution in [-0.2, 0) is 14.3 Å². The molecule has 0 aromatic heterocycles. The van der Waals surface area contributed by atoms with Crippen molar-refractivity contribution in [2.75, 3.05) is 0 Å². The molecular formula is C10H12O3. The second-order valence-corrected chi connectivity index (χ2v) is 3.83. The first-order valence-electron chi connectivity index (χ1n) is 4.48. The highest BCUT2D eigenvalue weighted by atomic mass is 16.5. The Labute approximate surface area is 76.8 Å². The molecular weight excluding hydrogens is 168 g/mol. The van der Waals surface area contributed by atoms with Gasteiger partial charge in [-0.15, -0.1) is 0 Å². The number of hydrogen-bond acceptors (Lipinski definition) is 3. The summed E-state index contributed by atoms with van der Waals surface area (Å²) in [6, 6.07) is 0. The van der Waals surface area contributed by atoms with Crippen LogP contribution in [-0.4, -0.2) is 23.8 Å². The Kier molecular flexibility index (Phi) is 1.67.